The number of amides is 2. The van der Waals surface area contributed by atoms with Crippen molar-refractivity contribution in [2.45, 2.75) is 26.9 Å². The van der Waals surface area contributed by atoms with E-state index in [4.69, 9.17) is 14.2 Å². The van der Waals surface area contributed by atoms with Gasteiger partial charge in [-0.15, -0.1) is 11.3 Å². The van der Waals surface area contributed by atoms with Gasteiger partial charge in [-0.1, -0.05) is 13.8 Å². The fraction of sp³-hybridized carbons (Fsp3) is 0.500. The van der Waals surface area contributed by atoms with Crippen LogP contribution in [0.5, 0.6) is 11.5 Å². The summed E-state index contributed by atoms with van der Waals surface area (Å²) in [5, 5.41) is 13.6. The SMILES string of the molecule is COc1cc(C(=O)N2CCCN(C(=O)OCC(C)C)CC2)c([N+](=O)[O-])cc1OCc1cscn1. The highest BCUT2D eigenvalue weighted by atomic mass is 32.1. The molecule has 2 amide bonds. The Morgan fingerprint density at radius 1 is 1.18 bits per heavy atom. The Labute approximate surface area is 201 Å². The van der Waals surface area contributed by atoms with E-state index in [-0.39, 0.29) is 48.4 Å². The fourth-order valence-corrected chi connectivity index (χ4v) is 3.95. The second kappa shape index (κ2) is 11.6. The standard InChI is InChI=1S/C22H28N4O7S/c1-15(2)11-33-22(28)25-6-4-5-24(7-8-25)21(27)17-9-19(31-3)20(10-18(17)26(29)30)32-12-16-13-34-14-23-16/h9-10,13-15H,4-8,11-12H2,1-3H3. The summed E-state index contributed by atoms with van der Waals surface area (Å²) in [6, 6.07) is 2.53. The lowest BCUT2D eigenvalue weighted by molar-refractivity contribution is -0.385. The summed E-state index contributed by atoms with van der Waals surface area (Å²) in [5.74, 6) is 0.0676. The Balaban J connectivity index is 1.76. The first-order chi connectivity index (χ1) is 16.3. The highest BCUT2D eigenvalue weighted by Gasteiger charge is 2.30. The highest BCUT2D eigenvalue weighted by Crippen LogP contribution is 2.36. The second-order valence-electron chi connectivity index (χ2n) is 8.15. The third-order valence-electron chi connectivity index (χ3n) is 5.15. The van der Waals surface area contributed by atoms with Crippen LogP contribution in [0.2, 0.25) is 0 Å². The van der Waals surface area contributed by atoms with Crippen molar-refractivity contribution >= 4 is 29.0 Å². The molecule has 0 bridgehead atoms. The first-order valence-corrected chi connectivity index (χ1v) is 11.8. The number of nitrogens with zero attached hydrogens (tertiary/aromatic N) is 4. The molecule has 0 unspecified atom stereocenters. The minimum Gasteiger partial charge on any atom is -0.493 e. The molecule has 34 heavy (non-hydrogen) atoms. The molecule has 1 saturated heterocycles. The maximum atomic E-state index is 13.3. The van der Waals surface area contributed by atoms with E-state index in [0.717, 1.165) is 0 Å². The number of hydrogen-bond acceptors (Lipinski definition) is 9. The molecule has 1 aliphatic heterocycles. The maximum absolute atomic E-state index is 13.3. The molecule has 11 nitrogen and oxygen atoms in total. The average Bonchev–Trinajstić information content (AvgIpc) is 3.22. The van der Waals surface area contributed by atoms with Gasteiger partial charge < -0.3 is 24.0 Å². The quantitative estimate of drug-likeness (QED) is 0.405. The molecule has 2 heterocycles. The fourth-order valence-electron chi connectivity index (χ4n) is 3.41. The van der Waals surface area contributed by atoms with Gasteiger partial charge in [-0.2, -0.15) is 0 Å². The van der Waals surface area contributed by atoms with Crippen molar-refractivity contribution in [3.63, 3.8) is 0 Å². The van der Waals surface area contributed by atoms with Crippen LogP contribution < -0.4 is 9.47 Å². The minimum atomic E-state index is -0.615. The van der Waals surface area contributed by atoms with Crippen LogP contribution in [0.15, 0.2) is 23.0 Å². The van der Waals surface area contributed by atoms with Gasteiger partial charge in [-0.25, -0.2) is 9.78 Å². The van der Waals surface area contributed by atoms with Crippen molar-refractivity contribution in [2.24, 2.45) is 5.92 Å². The summed E-state index contributed by atoms with van der Waals surface area (Å²) >= 11 is 1.41. The first kappa shape index (κ1) is 25.2. The second-order valence-corrected chi connectivity index (χ2v) is 8.87. The molecular weight excluding hydrogens is 464 g/mol. The van der Waals surface area contributed by atoms with Crippen molar-refractivity contribution in [1.29, 1.82) is 0 Å². The van der Waals surface area contributed by atoms with Gasteiger partial charge in [0.2, 0.25) is 0 Å². The molecule has 1 aromatic heterocycles. The summed E-state index contributed by atoms with van der Waals surface area (Å²) in [6.07, 6.45) is 0.111. The van der Waals surface area contributed by atoms with E-state index in [1.54, 1.807) is 15.8 Å². The number of rotatable bonds is 8. The third-order valence-corrected chi connectivity index (χ3v) is 5.78. The van der Waals surface area contributed by atoms with Gasteiger partial charge in [0, 0.05) is 37.6 Å². The van der Waals surface area contributed by atoms with Crippen LogP contribution in [0, 0.1) is 16.0 Å². The van der Waals surface area contributed by atoms with E-state index < -0.39 is 16.9 Å². The molecule has 1 aliphatic rings. The molecule has 0 radical (unpaired) electrons. The van der Waals surface area contributed by atoms with Crippen LogP contribution in [0.1, 0.15) is 36.3 Å². The zero-order valence-electron chi connectivity index (χ0n) is 19.4. The predicted octanol–water partition coefficient (Wildman–Crippen LogP) is 3.58. The van der Waals surface area contributed by atoms with E-state index in [2.05, 4.69) is 4.98 Å². The number of hydrogen-bond donors (Lipinski definition) is 0. The smallest absolute Gasteiger partial charge is 0.409 e. The van der Waals surface area contributed by atoms with Crippen LogP contribution in [0.25, 0.3) is 0 Å². The molecule has 0 atom stereocenters. The van der Waals surface area contributed by atoms with E-state index in [0.29, 0.717) is 31.8 Å². The molecule has 12 heteroatoms. The molecule has 0 spiro atoms. The normalized spacial score (nSPS) is 14.0. The van der Waals surface area contributed by atoms with Gasteiger partial charge >= 0.3 is 6.09 Å². The lowest BCUT2D eigenvalue weighted by Gasteiger charge is -2.22. The lowest BCUT2D eigenvalue weighted by Crippen LogP contribution is -2.38. The monoisotopic (exact) mass is 492 g/mol. The van der Waals surface area contributed by atoms with Gasteiger partial charge in [-0.3, -0.25) is 14.9 Å². The zero-order chi connectivity index (χ0) is 24.7. The summed E-state index contributed by atoms with van der Waals surface area (Å²) in [4.78, 5) is 43.9. The molecular formula is C22H28N4O7S. The number of nitro groups is 1. The molecule has 1 fully saturated rings. The van der Waals surface area contributed by atoms with Crippen molar-refractivity contribution in [1.82, 2.24) is 14.8 Å². The van der Waals surface area contributed by atoms with Crippen molar-refractivity contribution in [3.05, 3.63) is 44.4 Å². The van der Waals surface area contributed by atoms with Crippen molar-refractivity contribution in [2.75, 3.05) is 39.9 Å². The zero-order valence-corrected chi connectivity index (χ0v) is 20.2. The van der Waals surface area contributed by atoms with E-state index in [1.807, 2.05) is 13.8 Å². The van der Waals surface area contributed by atoms with Gasteiger partial charge in [0.25, 0.3) is 11.6 Å². The Bertz CT molecular complexity index is 1010. The third kappa shape index (κ3) is 6.34. The van der Waals surface area contributed by atoms with Gasteiger partial charge in [0.05, 0.1) is 35.9 Å². The number of ether oxygens (including phenoxy) is 3. The number of carbonyl (C=O) groups is 2. The van der Waals surface area contributed by atoms with Crippen LogP contribution >= 0.6 is 11.3 Å². The van der Waals surface area contributed by atoms with Gasteiger partial charge in [0.15, 0.2) is 11.5 Å². The van der Waals surface area contributed by atoms with E-state index in [9.17, 15) is 19.7 Å². The summed E-state index contributed by atoms with van der Waals surface area (Å²) in [6.45, 7) is 5.64. The number of methoxy groups -OCH3 is 1. The van der Waals surface area contributed by atoms with Crippen LogP contribution in [-0.2, 0) is 11.3 Å². The lowest BCUT2D eigenvalue weighted by atomic mass is 10.1. The van der Waals surface area contributed by atoms with Gasteiger partial charge in [0.1, 0.15) is 12.2 Å². The number of aromatic nitrogens is 1. The van der Waals surface area contributed by atoms with E-state index in [1.165, 1.54) is 35.5 Å². The van der Waals surface area contributed by atoms with Crippen molar-refractivity contribution in [3.8, 4) is 11.5 Å². The van der Waals surface area contributed by atoms with Crippen LogP contribution in [0.4, 0.5) is 10.5 Å². The van der Waals surface area contributed by atoms with Crippen LogP contribution in [-0.4, -0.2) is 71.6 Å². The molecule has 184 valence electrons. The largest absolute Gasteiger partial charge is 0.493 e. The Hall–Kier alpha value is -3.41. The Kier molecular flexibility index (Phi) is 8.63. The predicted molar refractivity (Wildman–Crippen MR) is 124 cm³/mol. The first-order valence-electron chi connectivity index (χ1n) is 10.9. The highest BCUT2D eigenvalue weighted by molar-refractivity contribution is 7.07. The molecule has 0 aliphatic carbocycles. The summed E-state index contributed by atoms with van der Waals surface area (Å²) in [7, 11) is 1.40. The minimum absolute atomic E-state index is 0.0984. The average molecular weight is 493 g/mol. The number of carbonyl (C=O) groups excluding carboxylic acids is 2. The Morgan fingerprint density at radius 2 is 1.91 bits per heavy atom. The Morgan fingerprint density at radius 3 is 2.56 bits per heavy atom. The van der Waals surface area contributed by atoms with Gasteiger partial charge in [-0.05, 0) is 12.3 Å². The molecule has 0 saturated carbocycles. The van der Waals surface area contributed by atoms with Crippen molar-refractivity contribution < 1.29 is 28.7 Å². The molecule has 2 aromatic rings. The summed E-state index contributed by atoms with van der Waals surface area (Å²) in [5.41, 5.74) is 1.86. The number of benzene rings is 1. The number of nitro benzene ring substituents is 1. The maximum Gasteiger partial charge on any atom is 0.409 e. The molecule has 0 N–H and O–H groups in total. The molecule has 3 rings (SSSR count). The molecule has 1 aromatic carbocycles. The topological polar surface area (TPSA) is 124 Å². The van der Waals surface area contributed by atoms with Crippen LogP contribution in [0.3, 0.4) is 0 Å². The van der Waals surface area contributed by atoms with E-state index >= 15 is 0 Å². The summed E-state index contributed by atoms with van der Waals surface area (Å²) < 4.78 is 16.3. The number of thiazole rings is 1.